The van der Waals surface area contributed by atoms with Gasteiger partial charge >= 0.3 is 10.1 Å². The Hall–Kier alpha value is -1.18. The molecule has 2 atom stereocenters. The van der Waals surface area contributed by atoms with Gasteiger partial charge in [-0.3, -0.25) is 4.55 Å². The Morgan fingerprint density at radius 2 is 1.89 bits per heavy atom. The van der Waals surface area contributed by atoms with Crippen LogP contribution in [0, 0.1) is 0 Å². The first-order chi connectivity index (χ1) is 8.75. The molecule has 0 fully saturated rings. The van der Waals surface area contributed by atoms with Crippen LogP contribution in [0.2, 0.25) is 0 Å². The van der Waals surface area contributed by atoms with Gasteiger partial charge in [0.25, 0.3) is 5.00 Å². The summed E-state index contributed by atoms with van der Waals surface area (Å²) in [5.41, 5.74) is 0. The molecule has 0 bridgehead atoms. The number of rotatable bonds is 7. The zero-order valence-electron chi connectivity index (χ0n) is 10.7. The van der Waals surface area contributed by atoms with Crippen molar-refractivity contribution in [3.63, 3.8) is 0 Å². The molecule has 0 amide bonds. The van der Waals surface area contributed by atoms with Crippen LogP contribution in [0.15, 0.2) is 30.3 Å². The highest BCUT2D eigenvalue weighted by molar-refractivity contribution is 7.87. The molecule has 2 unspecified atom stereocenters. The van der Waals surface area contributed by atoms with Crippen LogP contribution in [-0.2, 0) is 14.9 Å². The van der Waals surface area contributed by atoms with E-state index in [1.807, 2.05) is 6.07 Å². The summed E-state index contributed by atoms with van der Waals surface area (Å²) in [6.07, 6.45) is -1.30. The maximum Gasteiger partial charge on any atom is 0.302 e. The first kappa shape index (κ1) is 15.9. The Morgan fingerprint density at radius 3 is 2.42 bits per heavy atom. The van der Waals surface area contributed by atoms with Crippen molar-refractivity contribution in [1.82, 2.24) is 0 Å². The average Bonchev–Trinajstić information content (AvgIpc) is 2.34. The fraction of sp³-hybridized carbons (Fsp3) is 0.500. The van der Waals surface area contributed by atoms with E-state index in [0.717, 1.165) is 6.92 Å². The largest absolute Gasteiger partial charge is 0.491 e. The van der Waals surface area contributed by atoms with Crippen molar-refractivity contribution in [3.05, 3.63) is 30.3 Å². The van der Waals surface area contributed by atoms with Crippen LogP contribution in [0.25, 0.3) is 0 Å². The summed E-state index contributed by atoms with van der Waals surface area (Å²) >= 11 is 0. The van der Waals surface area contributed by atoms with E-state index in [1.54, 1.807) is 24.3 Å². The van der Waals surface area contributed by atoms with Crippen molar-refractivity contribution in [2.24, 2.45) is 0 Å². The Balaban J connectivity index is 2.38. The van der Waals surface area contributed by atoms with E-state index in [0.29, 0.717) is 5.75 Å². The molecule has 19 heavy (non-hydrogen) atoms. The van der Waals surface area contributed by atoms with E-state index >= 15 is 0 Å². The lowest BCUT2D eigenvalue weighted by Crippen LogP contribution is -2.42. The molecule has 0 saturated heterocycles. The van der Waals surface area contributed by atoms with Gasteiger partial charge in [0.15, 0.2) is 0 Å². The molecule has 1 aromatic rings. The van der Waals surface area contributed by atoms with Gasteiger partial charge in [0.2, 0.25) is 0 Å². The Bertz CT molecular complexity index is 486. The fourth-order valence-electron chi connectivity index (χ4n) is 1.26. The third kappa shape index (κ3) is 4.45. The van der Waals surface area contributed by atoms with Crippen LogP contribution in [0.4, 0.5) is 4.39 Å². The van der Waals surface area contributed by atoms with E-state index < -0.39 is 21.2 Å². The van der Waals surface area contributed by atoms with Gasteiger partial charge in [0.05, 0.1) is 6.61 Å². The van der Waals surface area contributed by atoms with Crippen molar-refractivity contribution >= 4 is 10.1 Å². The minimum atomic E-state index is -4.82. The zero-order valence-corrected chi connectivity index (χ0v) is 11.6. The molecular formula is C12H17FO5S. The van der Waals surface area contributed by atoms with E-state index in [2.05, 4.69) is 0 Å². The summed E-state index contributed by atoms with van der Waals surface area (Å²) in [7, 11) is -4.82. The highest BCUT2D eigenvalue weighted by Gasteiger charge is 2.44. The van der Waals surface area contributed by atoms with Crippen LogP contribution in [-0.4, -0.2) is 37.3 Å². The molecule has 7 heteroatoms. The molecular weight excluding hydrogens is 275 g/mol. The van der Waals surface area contributed by atoms with Gasteiger partial charge in [-0.25, -0.2) is 4.39 Å². The second-order valence-electron chi connectivity index (χ2n) is 4.14. The minimum Gasteiger partial charge on any atom is -0.491 e. The average molecular weight is 292 g/mol. The van der Waals surface area contributed by atoms with Crippen molar-refractivity contribution in [1.29, 1.82) is 0 Å². The number of alkyl halides is 1. The maximum absolute atomic E-state index is 13.7. The lowest BCUT2D eigenvalue weighted by molar-refractivity contribution is -0.0164. The normalized spacial score (nSPS) is 16.6. The molecule has 0 aliphatic rings. The minimum absolute atomic E-state index is 0.00505. The summed E-state index contributed by atoms with van der Waals surface area (Å²) in [5, 5.41) is -2.85. The first-order valence-corrected chi connectivity index (χ1v) is 7.14. The quantitative estimate of drug-likeness (QED) is 0.615. The SMILES string of the molecule is CC(OCCOc1ccccc1)C(C)(F)S(=O)(=O)O. The molecule has 0 spiro atoms. The number of para-hydroxylation sites is 1. The van der Waals surface area contributed by atoms with E-state index in [4.69, 9.17) is 14.0 Å². The number of hydrogen-bond acceptors (Lipinski definition) is 4. The Kier molecular flexibility index (Phi) is 5.28. The van der Waals surface area contributed by atoms with Crippen molar-refractivity contribution in [2.45, 2.75) is 25.0 Å². The molecule has 1 rings (SSSR count). The van der Waals surface area contributed by atoms with Gasteiger partial charge in [-0.05, 0) is 26.0 Å². The molecule has 1 aromatic carbocycles. The highest BCUT2D eigenvalue weighted by Crippen LogP contribution is 2.24. The summed E-state index contributed by atoms with van der Waals surface area (Å²) in [6, 6.07) is 8.94. The smallest absolute Gasteiger partial charge is 0.302 e. The van der Waals surface area contributed by atoms with E-state index in [1.165, 1.54) is 6.92 Å². The van der Waals surface area contributed by atoms with Gasteiger partial charge in [0.1, 0.15) is 18.5 Å². The Morgan fingerprint density at radius 1 is 1.32 bits per heavy atom. The van der Waals surface area contributed by atoms with Crippen LogP contribution < -0.4 is 4.74 Å². The number of benzene rings is 1. The summed E-state index contributed by atoms with van der Waals surface area (Å²) in [5.74, 6) is 0.636. The summed E-state index contributed by atoms with van der Waals surface area (Å²) in [4.78, 5) is 0. The van der Waals surface area contributed by atoms with Gasteiger partial charge in [-0.15, -0.1) is 0 Å². The Labute approximate surface area is 112 Å². The standard InChI is InChI=1S/C12H17FO5S/c1-10(12(2,13)19(14,15)16)17-8-9-18-11-6-4-3-5-7-11/h3-7,10H,8-9H2,1-2H3,(H,14,15,16). The molecule has 1 N–H and O–H groups in total. The molecule has 108 valence electrons. The second-order valence-corrected chi connectivity index (χ2v) is 5.88. The number of ether oxygens (including phenoxy) is 2. The number of halogens is 1. The predicted molar refractivity (Wildman–Crippen MR) is 68.4 cm³/mol. The van der Waals surface area contributed by atoms with E-state index in [-0.39, 0.29) is 13.2 Å². The molecule has 0 aromatic heterocycles. The second kappa shape index (κ2) is 6.31. The fourth-order valence-corrected chi connectivity index (χ4v) is 1.75. The molecule has 0 radical (unpaired) electrons. The molecule has 0 aliphatic carbocycles. The highest BCUT2D eigenvalue weighted by atomic mass is 32.2. The molecule has 0 aliphatic heterocycles. The number of hydrogen-bond donors (Lipinski definition) is 1. The summed E-state index contributed by atoms with van der Waals surface area (Å²) < 4.78 is 54.4. The van der Waals surface area contributed by atoms with Crippen molar-refractivity contribution in [3.8, 4) is 5.75 Å². The third-order valence-electron chi connectivity index (χ3n) is 2.69. The van der Waals surface area contributed by atoms with Crippen LogP contribution in [0.3, 0.4) is 0 Å². The van der Waals surface area contributed by atoms with Crippen molar-refractivity contribution < 1.29 is 26.8 Å². The van der Waals surface area contributed by atoms with Gasteiger partial charge < -0.3 is 9.47 Å². The predicted octanol–water partition coefficient (Wildman–Crippen LogP) is 2.04. The third-order valence-corrected chi connectivity index (χ3v) is 4.03. The van der Waals surface area contributed by atoms with Crippen LogP contribution in [0.5, 0.6) is 5.75 Å². The molecule has 0 heterocycles. The molecule has 5 nitrogen and oxygen atoms in total. The lowest BCUT2D eigenvalue weighted by Gasteiger charge is -2.24. The zero-order chi connectivity index (χ0) is 14.5. The van der Waals surface area contributed by atoms with Gasteiger partial charge in [0, 0.05) is 0 Å². The van der Waals surface area contributed by atoms with Gasteiger partial charge in [-0.1, -0.05) is 18.2 Å². The lowest BCUT2D eigenvalue weighted by atomic mass is 10.3. The van der Waals surface area contributed by atoms with Gasteiger partial charge in [-0.2, -0.15) is 8.42 Å². The topological polar surface area (TPSA) is 72.8 Å². The maximum atomic E-state index is 13.7. The summed E-state index contributed by atoms with van der Waals surface area (Å²) in [6.45, 7) is 2.14. The molecule has 0 saturated carbocycles. The first-order valence-electron chi connectivity index (χ1n) is 5.70. The van der Waals surface area contributed by atoms with Crippen LogP contribution in [0.1, 0.15) is 13.8 Å². The van der Waals surface area contributed by atoms with Crippen LogP contribution >= 0.6 is 0 Å². The monoisotopic (exact) mass is 292 g/mol. The van der Waals surface area contributed by atoms with E-state index in [9.17, 15) is 12.8 Å². The van der Waals surface area contributed by atoms with Crippen molar-refractivity contribution in [2.75, 3.05) is 13.2 Å².